The molecule has 102 valence electrons. The average Bonchev–Trinajstić information content (AvgIpc) is 2.28. The molecule has 2 N–H and O–H groups in total. The molecule has 2 atom stereocenters. The van der Waals surface area contributed by atoms with Crippen molar-refractivity contribution in [2.24, 2.45) is 17.6 Å². The molecule has 0 fully saturated rings. The first-order valence-corrected chi connectivity index (χ1v) is 6.51. The fourth-order valence-corrected chi connectivity index (χ4v) is 2.55. The van der Waals surface area contributed by atoms with Crippen molar-refractivity contribution < 1.29 is 4.39 Å². The molecule has 1 aromatic carbocycles. The van der Waals surface area contributed by atoms with Crippen molar-refractivity contribution in [2.45, 2.75) is 26.8 Å². The summed E-state index contributed by atoms with van der Waals surface area (Å²) in [5, 5.41) is 0. The summed E-state index contributed by atoms with van der Waals surface area (Å²) < 4.78 is 13.4. The van der Waals surface area contributed by atoms with Gasteiger partial charge in [0, 0.05) is 6.04 Å². The van der Waals surface area contributed by atoms with Crippen LogP contribution in [0, 0.1) is 24.6 Å². The SMILES string of the molecule is Cc1cc(C(C(CN)C(C)C)N(C)C)ccc1F. The van der Waals surface area contributed by atoms with Gasteiger partial charge in [-0.25, -0.2) is 4.39 Å². The van der Waals surface area contributed by atoms with E-state index in [1.807, 2.05) is 26.2 Å². The van der Waals surface area contributed by atoms with Crippen molar-refractivity contribution in [1.29, 1.82) is 0 Å². The minimum Gasteiger partial charge on any atom is -0.330 e. The molecule has 0 amide bonds. The number of halogens is 1. The molecule has 0 saturated carbocycles. The lowest BCUT2D eigenvalue weighted by Gasteiger charge is -2.34. The predicted octanol–water partition coefficient (Wildman–Crippen LogP) is 2.97. The zero-order chi connectivity index (χ0) is 13.9. The van der Waals surface area contributed by atoms with Crippen LogP contribution < -0.4 is 5.73 Å². The highest BCUT2D eigenvalue weighted by Crippen LogP contribution is 2.32. The molecule has 0 aliphatic heterocycles. The van der Waals surface area contributed by atoms with E-state index in [0.29, 0.717) is 23.9 Å². The van der Waals surface area contributed by atoms with E-state index in [4.69, 9.17) is 5.73 Å². The molecule has 0 aromatic heterocycles. The zero-order valence-electron chi connectivity index (χ0n) is 12.1. The molecule has 2 unspecified atom stereocenters. The Morgan fingerprint density at radius 3 is 2.28 bits per heavy atom. The molecule has 0 aliphatic rings. The molecule has 18 heavy (non-hydrogen) atoms. The smallest absolute Gasteiger partial charge is 0.126 e. The zero-order valence-corrected chi connectivity index (χ0v) is 12.1. The number of rotatable bonds is 5. The second kappa shape index (κ2) is 6.30. The van der Waals surface area contributed by atoms with Gasteiger partial charge in [0.15, 0.2) is 0 Å². The van der Waals surface area contributed by atoms with Crippen molar-refractivity contribution >= 4 is 0 Å². The normalized spacial score (nSPS) is 15.2. The quantitative estimate of drug-likeness (QED) is 0.873. The van der Waals surface area contributed by atoms with Crippen LogP contribution in [0.25, 0.3) is 0 Å². The van der Waals surface area contributed by atoms with E-state index in [0.717, 1.165) is 5.56 Å². The van der Waals surface area contributed by atoms with E-state index in [1.54, 1.807) is 13.0 Å². The summed E-state index contributed by atoms with van der Waals surface area (Å²) in [6, 6.07) is 5.59. The van der Waals surface area contributed by atoms with Crippen LogP contribution in [0.5, 0.6) is 0 Å². The maximum Gasteiger partial charge on any atom is 0.126 e. The van der Waals surface area contributed by atoms with Crippen LogP contribution in [-0.4, -0.2) is 25.5 Å². The highest BCUT2D eigenvalue weighted by molar-refractivity contribution is 5.27. The Morgan fingerprint density at radius 2 is 1.89 bits per heavy atom. The fraction of sp³-hybridized carbons (Fsp3) is 0.600. The Morgan fingerprint density at radius 1 is 1.28 bits per heavy atom. The van der Waals surface area contributed by atoms with Crippen LogP contribution in [0.15, 0.2) is 18.2 Å². The van der Waals surface area contributed by atoms with Gasteiger partial charge in [-0.15, -0.1) is 0 Å². The van der Waals surface area contributed by atoms with Gasteiger partial charge in [-0.1, -0.05) is 26.0 Å². The lowest BCUT2D eigenvalue weighted by molar-refractivity contribution is 0.175. The summed E-state index contributed by atoms with van der Waals surface area (Å²) in [5.74, 6) is 0.711. The van der Waals surface area contributed by atoms with E-state index in [-0.39, 0.29) is 11.9 Å². The van der Waals surface area contributed by atoms with Crippen LogP contribution in [0.3, 0.4) is 0 Å². The molecule has 0 bridgehead atoms. The molecule has 0 radical (unpaired) electrons. The summed E-state index contributed by atoms with van der Waals surface area (Å²) in [6.45, 7) is 6.81. The maximum atomic E-state index is 13.4. The minimum absolute atomic E-state index is 0.148. The largest absolute Gasteiger partial charge is 0.330 e. The van der Waals surface area contributed by atoms with Crippen LogP contribution in [0.1, 0.15) is 31.0 Å². The first-order chi connectivity index (χ1) is 8.38. The minimum atomic E-state index is -0.148. The molecule has 2 nitrogen and oxygen atoms in total. The highest BCUT2D eigenvalue weighted by Gasteiger charge is 2.26. The predicted molar refractivity (Wildman–Crippen MR) is 74.9 cm³/mol. The molecule has 0 heterocycles. The molecule has 0 saturated heterocycles. The van der Waals surface area contributed by atoms with Crippen molar-refractivity contribution in [2.75, 3.05) is 20.6 Å². The molecular formula is C15H25FN2. The molecule has 0 spiro atoms. The van der Waals surface area contributed by atoms with Crippen molar-refractivity contribution in [3.05, 3.63) is 35.1 Å². The summed E-state index contributed by atoms with van der Waals surface area (Å²) in [4.78, 5) is 2.17. The lowest BCUT2D eigenvalue weighted by atomic mass is 9.83. The number of hydrogen-bond donors (Lipinski definition) is 1. The van der Waals surface area contributed by atoms with E-state index < -0.39 is 0 Å². The standard InChI is InChI=1S/C15H25FN2/c1-10(2)13(9-17)15(18(4)5)12-6-7-14(16)11(3)8-12/h6-8,10,13,15H,9,17H2,1-5H3. The lowest BCUT2D eigenvalue weighted by Crippen LogP contribution is -2.35. The second-order valence-corrected chi connectivity index (χ2v) is 5.56. The number of benzene rings is 1. The Balaban J connectivity index is 3.15. The van der Waals surface area contributed by atoms with Crippen LogP contribution >= 0.6 is 0 Å². The van der Waals surface area contributed by atoms with Gasteiger partial charge in [-0.3, -0.25) is 0 Å². The summed E-state index contributed by atoms with van der Waals surface area (Å²) in [5.41, 5.74) is 7.75. The Bertz CT molecular complexity index is 388. The Hall–Kier alpha value is -0.930. The number of nitrogens with zero attached hydrogens (tertiary/aromatic N) is 1. The van der Waals surface area contributed by atoms with Gasteiger partial charge in [0.25, 0.3) is 0 Å². The topological polar surface area (TPSA) is 29.3 Å². The molecule has 1 rings (SSSR count). The number of hydrogen-bond acceptors (Lipinski definition) is 2. The first-order valence-electron chi connectivity index (χ1n) is 6.51. The number of nitrogens with two attached hydrogens (primary N) is 1. The van der Waals surface area contributed by atoms with Crippen molar-refractivity contribution in [3.63, 3.8) is 0 Å². The van der Waals surface area contributed by atoms with Crippen molar-refractivity contribution in [3.8, 4) is 0 Å². The van der Waals surface area contributed by atoms with Gasteiger partial charge >= 0.3 is 0 Å². The van der Waals surface area contributed by atoms with E-state index in [1.165, 1.54) is 0 Å². The maximum absolute atomic E-state index is 13.4. The van der Waals surface area contributed by atoms with E-state index >= 15 is 0 Å². The van der Waals surface area contributed by atoms with Crippen molar-refractivity contribution in [1.82, 2.24) is 4.90 Å². The second-order valence-electron chi connectivity index (χ2n) is 5.56. The number of aryl methyl sites for hydroxylation is 1. The van der Waals surface area contributed by atoms with Gasteiger partial charge in [-0.2, -0.15) is 0 Å². The van der Waals surface area contributed by atoms with Gasteiger partial charge in [0.2, 0.25) is 0 Å². The first kappa shape index (κ1) is 15.1. The van der Waals surface area contributed by atoms with Gasteiger partial charge in [0.05, 0.1) is 0 Å². The summed E-state index contributed by atoms with van der Waals surface area (Å²) in [7, 11) is 4.10. The average molecular weight is 252 g/mol. The van der Waals surface area contributed by atoms with Crippen LogP contribution in [0.4, 0.5) is 4.39 Å². The van der Waals surface area contributed by atoms with Gasteiger partial charge < -0.3 is 10.6 Å². The van der Waals surface area contributed by atoms with E-state index in [9.17, 15) is 4.39 Å². The fourth-order valence-electron chi connectivity index (χ4n) is 2.55. The third-order valence-corrected chi connectivity index (χ3v) is 3.61. The van der Waals surface area contributed by atoms with Gasteiger partial charge in [-0.05, 0) is 56.6 Å². The third-order valence-electron chi connectivity index (χ3n) is 3.61. The van der Waals surface area contributed by atoms with Gasteiger partial charge in [0.1, 0.15) is 5.82 Å². The van der Waals surface area contributed by atoms with E-state index in [2.05, 4.69) is 18.7 Å². The molecule has 1 aromatic rings. The Kier molecular flexibility index (Phi) is 5.29. The summed E-state index contributed by atoms with van der Waals surface area (Å²) in [6.07, 6.45) is 0. The third kappa shape index (κ3) is 3.30. The van der Waals surface area contributed by atoms with Crippen LogP contribution in [0.2, 0.25) is 0 Å². The monoisotopic (exact) mass is 252 g/mol. The Labute approximate surface area is 110 Å². The molecule has 3 heteroatoms. The van der Waals surface area contributed by atoms with Crippen LogP contribution in [-0.2, 0) is 0 Å². The molecular weight excluding hydrogens is 227 g/mol. The summed E-state index contributed by atoms with van der Waals surface area (Å²) >= 11 is 0. The highest BCUT2D eigenvalue weighted by atomic mass is 19.1. The molecule has 0 aliphatic carbocycles.